The van der Waals surface area contributed by atoms with Crippen LogP contribution in [0.1, 0.15) is 37.8 Å². The van der Waals surface area contributed by atoms with Crippen molar-refractivity contribution in [3.63, 3.8) is 0 Å². The second-order valence-electron chi connectivity index (χ2n) is 4.57. The lowest BCUT2D eigenvalue weighted by atomic mass is 9.77. The van der Waals surface area contributed by atoms with E-state index in [0.717, 1.165) is 16.1 Å². The Hall–Kier alpha value is -0.540. The highest BCUT2D eigenvalue weighted by atomic mass is 79.9. The molecule has 1 saturated carbocycles. The van der Waals surface area contributed by atoms with Gasteiger partial charge in [-0.05, 0) is 50.4 Å². The van der Waals surface area contributed by atoms with E-state index in [0.29, 0.717) is 12.6 Å². The van der Waals surface area contributed by atoms with Crippen LogP contribution in [0.25, 0.3) is 0 Å². The van der Waals surface area contributed by atoms with Crippen molar-refractivity contribution in [2.75, 3.05) is 13.7 Å². The largest absolute Gasteiger partial charge is 0.494 e. The molecule has 3 heteroatoms. The Kier molecular flexibility index (Phi) is 4.46. The maximum Gasteiger partial charge on any atom is 0.120 e. The second kappa shape index (κ2) is 5.87. The van der Waals surface area contributed by atoms with Crippen molar-refractivity contribution in [2.24, 2.45) is 5.92 Å². The standard InChI is InChI=1S/C14H20BrNO/c1-3-17-11-7-8-12(13(15)9-11)14(16-2)10-5-4-6-10/h7-10,14,16H,3-6H2,1-2H3. The van der Waals surface area contributed by atoms with Gasteiger partial charge < -0.3 is 10.1 Å². The van der Waals surface area contributed by atoms with Crippen LogP contribution in [0.5, 0.6) is 5.75 Å². The third kappa shape index (κ3) is 2.83. The molecule has 0 aliphatic heterocycles. The summed E-state index contributed by atoms with van der Waals surface area (Å²) in [5.74, 6) is 1.72. The first kappa shape index (κ1) is 12.9. The molecule has 17 heavy (non-hydrogen) atoms. The van der Waals surface area contributed by atoms with Gasteiger partial charge in [-0.2, -0.15) is 0 Å². The summed E-state index contributed by atoms with van der Waals surface area (Å²) in [6.07, 6.45) is 4.05. The molecule has 0 radical (unpaired) electrons. The van der Waals surface area contributed by atoms with Crippen LogP contribution in [0.3, 0.4) is 0 Å². The molecular weight excluding hydrogens is 278 g/mol. The first-order chi connectivity index (χ1) is 8.26. The Morgan fingerprint density at radius 2 is 2.24 bits per heavy atom. The van der Waals surface area contributed by atoms with Crippen molar-refractivity contribution in [3.8, 4) is 5.75 Å². The van der Waals surface area contributed by atoms with Gasteiger partial charge in [0.25, 0.3) is 0 Å². The van der Waals surface area contributed by atoms with Gasteiger partial charge >= 0.3 is 0 Å². The molecule has 2 nitrogen and oxygen atoms in total. The predicted molar refractivity (Wildman–Crippen MR) is 74.5 cm³/mol. The van der Waals surface area contributed by atoms with Crippen LogP contribution in [0.2, 0.25) is 0 Å². The smallest absolute Gasteiger partial charge is 0.120 e. The van der Waals surface area contributed by atoms with Gasteiger partial charge in [0.15, 0.2) is 0 Å². The Bertz CT molecular complexity index is 376. The molecule has 94 valence electrons. The van der Waals surface area contributed by atoms with Gasteiger partial charge in [-0.1, -0.05) is 28.4 Å². The molecule has 1 aliphatic rings. The molecule has 1 aromatic rings. The van der Waals surface area contributed by atoms with E-state index >= 15 is 0 Å². The van der Waals surface area contributed by atoms with Gasteiger partial charge in [-0.15, -0.1) is 0 Å². The van der Waals surface area contributed by atoms with Crippen molar-refractivity contribution in [3.05, 3.63) is 28.2 Å². The van der Waals surface area contributed by atoms with Gasteiger partial charge in [0.05, 0.1) is 6.61 Å². The minimum atomic E-state index is 0.466. The van der Waals surface area contributed by atoms with E-state index in [1.165, 1.54) is 24.8 Å². The first-order valence-corrected chi connectivity index (χ1v) is 7.15. The molecule has 0 aromatic heterocycles. The van der Waals surface area contributed by atoms with Crippen molar-refractivity contribution in [1.29, 1.82) is 0 Å². The molecule has 0 spiro atoms. The van der Waals surface area contributed by atoms with Crippen LogP contribution in [0.15, 0.2) is 22.7 Å². The number of nitrogens with one attached hydrogen (secondary N) is 1. The topological polar surface area (TPSA) is 21.3 Å². The van der Waals surface area contributed by atoms with Crippen LogP contribution < -0.4 is 10.1 Å². The highest BCUT2D eigenvalue weighted by Crippen LogP contribution is 2.40. The van der Waals surface area contributed by atoms with E-state index in [4.69, 9.17) is 4.74 Å². The summed E-state index contributed by atoms with van der Waals surface area (Å²) < 4.78 is 6.65. The van der Waals surface area contributed by atoms with Crippen LogP contribution in [-0.2, 0) is 0 Å². The van der Waals surface area contributed by atoms with Crippen LogP contribution in [-0.4, -0.2) is 13.7 Å². The Balaban J connectivity index is 2.18. The maximum absolute atomic E-state index is 5.51. The lowest BCUT2D eigenvalue weighted by Gasteiger charge is -2.34. The van der Waals surface area contributed by atoms with E-state index in [2.05, 4.69) is 39.4 Å². The zero-order valence-electron chi connectivity index (χ0n) is 10.5. The average Bonchev–Trinajstić information content (AvgIpc) is 2.24. The normalized spacial score (nSPS) is 17.6. The quantitative estimate of drug-likeness (QED) is 0.890. The van der Waals surface area contributed by atoms with Crippen molar-refractivity contribution >= 4 is 15.9 Å². The summed E-state index contributed by atoms with van der Waals surface area (Å²) in [4.78, 5) is 0. The summed E-state index contributed by atoms with van der Waals surface area (Å²) in [7, 11) is 2.05. The van der Waals surface area contributed by atoms with Gasteiger partial charge in [-0.25, -0.2) is 0 Å². The molecule has 1 aromatic carbocycles. The van der Waals surface area contributed by atoms with E-state index in [1.54, 1.807) is 0 Å². The highest BCUT2D eigenvalue weighted by molar-refractivity contribution is 9.10. The molecule has 1 N–H and O–H groups in total. The van der Waals surface area contributed by atoms with Gasteiger partial charge in [0.2, 0.25) is 0 Å². The fourth-order valence-corrected chi connectivity index (χ4v) is 3.04. The fourth-order valence-electron chi connectivity index (χ4n) is 2.43. The summed E-state index contributed by atoms with van der Waals surface area (Å²) >= 11 is 3.66. The number of ether oxygens (including phenoxy) is 1. The summed E-state index contributed by atoms with van der Waals surface area (Å²) in [6, 6.07) is 6.78. The van der Waals surface area contributed by atoms with E-state index in [1.807, 2.05) is 14.0 Å². The van der Waals surface area contributed by atoms with Crippen molar-refractivity contribution in [2.45, 2.75) is 32.2 Å². The van der Waals surface area contributed by atoms with Crippen molar-refractivity contribution in [1.82, 2.24) is 5.32 Å². The van der Waals surface area contributed by atoms with E-state index < -0.39 is 0 Å². The van der Waals surface area contributed by atoms with Gasteiger partial charge in [0.1, 0.15) is 5.75 Å². The molecule has 0 heterocycles. The average molecular weight is 298 g/mol. The Morgan fingerprint density at radius 3 is 2.71 bits per heavy atom. The van der Waals surface area contributed by atoms with Crippen LogP contribution in [0, 0.1) is 5.92 Å². The maximum atomic E-state index is 5.51. The third-order valence-corrected chi connectivity index (χ3v) is 4.24. The molecule has 0 saturated heterocycles. The lowest BCUT2D eigenvalue weighted by molar-refractivity contribution is 0.238. The monoisotopic (exact) mass is 297 g/mol. The summed E-state index contributed by atoms with van der Waals surface area (Å²) in [5.41, 5.74) is 1.35. The number of hydrogen-bond donors (Lipinski definition) is 1. The summed E-state index contributed by atoms with van der Waals surface area (Å²) in [6.45, 7) is 2.72. The predicted octanol–water partition coefficient (Wildman–Crippen LogP) is 3.91. The Labute approximate surface area is 112 Å². The molecule has 1 atom stereocenters. The van der Waals surface area contributed by atoms with E-state index in [-0.39, 0.29) is 0 Å². The first-order valence-electron chi connectivity index (χ1n) is 6.35. The molecule has 1 unspecified atom stereocenters. The van der Waals surface area contributed by atoms with Gasteiger partial charge in [-0.3, -0.25) is 0 Å². The SMILES string of the molecule is CCOc1ccc(C(NC)C2CCC2)c(Br)c1. The number of rotatable bonds is 5. The lowest BCUT2D eigenvalue weighted by Crippen LogP contribution is -2.30. The van der Waals surface area contributed by atoms with Crippen molar-refractivity contribution < 1.29 is 4.74 Å². The Morgan fingerprint density at radius 1 is 1.47 bits per heavy atom. The summed E-state index contributed by atoms with van der Waals surface area (Å²) in [5, 5.41) is 3.44. The molecule has 1 fully saturated rings. The molecule has 0 amide bonds. The number of hydrogen-bond acceptors (Lipinski definition) is 2. The van der Waals surface area contributed by atoms with E-state index in [9.17, 15) is 0 Å². The molecule has 1 aliphatic carbocycles. The number of benzene rings is 1. The molecule has 0 bridgehead atoms. The van der Waals surface area contributed by atoms with Gasteiger partial charge in [0, 0.05) is 10.5 Å². The highest BCUT2D eigenvalue weighted by Gasteiger charge is 2.28. The third-order valence-electron chi connectivity index (χ3n) is 3.55. The fraction of sp³-hybridized carbons (Fsp3) is 0.571. The minimum absolute atomic E-state index is 0.466. The van der Waals surface area contributed by atoms with Crippen LogP contribution >= 0.6 is 15.9 Å². The zero-order chi connectivity index (χ0) is 12.3. The number of halogens is 1. The van der Waals surface area contributed by atoms with Crippen LogP contribution in [0.4, 0.5) is 0 Å². The molecular formula is C14H20BrNO. The zero-order valence-corrected chi connectivity index (χ0v) is 12.1. The second-order valence-corrected chi connectivity index (χ2v) is 5.43. The molecule has 2 rings (SSSR count). The minimum Gasteiger partial charge on any atom is -0.494 e.